The van der Waals surface area contributed by atoms with Crippen LogP contribution in [-0.2, 0) is 19.3 Å². The van der Waals surface area contributed by atoms with Gasteiger partial charge in [0.15, 0.2) is 0 Å². The van der Waals surface area contributed by atoms with Crippen molar-refractivity contribution in [2.45, 2.75) is 19.3 Å². The van der Waals surface area contributed by atoms with Gasteiger partial charge in [-0.2, -0.15) is 13.2 Å². The van der Waals surface area contributed by atoms with E-state index < -0.39 is 11.7 Å². The molecule has 0 radical (unpaired) electrons. The number of alkyl halides is 4. The van der Waals surface area contributed by atoms with E-state index in [0.717, 1.165) is 21.8 Å². The van der Waals surface area contributed by atoms with Gasteiger partial charge in [-0.15, -0.1) is 11.6 Å². The summed E-state index contributed by atoms with van der Waals surface area (Å²) in [6, 6.07) is 11.2. The van der Waals surface area contributed by atoms with Crippen molar-refractivity contribution in [1.29, 1.82) is 0 Å². The first kappa shape index (κ1) is 17.3. The Morgan fingerprint density at radius 1 is 1.12 bits per heavy atom. The summed E-state index contributed by atoms with van der Waals surface area (Å²) in [5, 5.41) is 0. The number of halogens is 5. The van der Waals surface area contributed by atoms with Crippen LogP contribution in [0.25, 0.3) is 0 Å². The zero-order valence-electron chi connectivity index (χ0n) is 12.4. The quantitative estimate of drug-likeness (QED) is 0.580. The van der Waals surface area contributed by atoms with Crippen LogP contribution in [0.4, 0.5) is 18.9 Å². The molecule has 0 unspecified atom stereocenters. The molecule has 0 saturated heterocycles. The van der Waals surface area contributed by atoms with Crippen LogP contribution in [0.15, 0.2) is 51.9 Å². The zero-order chi connectivity index (χ0) is 17.3. The Morgan fingerprint density at radius 3 is 2.58 bits per heavy atom. The van der Waals surface area contributed by atoms with E-state index in [9.17, 15) is 13.2 Å². The predicted octanol–water partition coefficient (Wildman–Crippen LogP) is 5.75. The minimum absolute atomic E-state index is 0.0992. The standard InChI is InChI=1S/C17H13BrClF3N2/c18-14-6-3-7-15-12(14)10-24(16(8-19)23-15)9-11-4-1-2-5-13(11)17(20,21)22/h1-7H,8-10H2. The van der Waals surface area contributed by atoms with Crippen LogP contribution in [0.2, 0.25) is 0 Å². The van der Waals surface area contributed by atoms with Gasteiger partial charge in [-0.3, -0.25) is 0 Å². The maximum Gasteiger partial charge on any atom is 0.416 e. The van der Waals surface area contributed by atoms with E-state index in [2.05, 4.69) is 20.9 Å². The lowest BCUT2D eigenvalue weighted by Gasteiger charge is -2.31. The molecule has 0 saturated carbocycles. The Kier molecular flexibility index (Phi) is 4.88. The normalized spacial score (nSPS) is 14.4. The van der Waals surface area contributed by atoms with Crippen molar-refractivity contribution in [2.24, 2.45) is 4.99 Å². The SMILES string of the molecule is FC(F)(F)c1ccccc1CN1Cc2c(Br)cccc2N=C1CCl. The van der Waals surface area contributed by atoms with Gasteiger partial charge in [0.25, 0.3) is 0 Å². The van der Waals surface area contributed by atoms with E-state index in [0.29, 0.717) is 12.4 Å². The highest BCUT2D eigenvalue weighted by Crippen LogP contribution is 2.35. The topological polar surface area (TPSA) is 15.6 Å². The van der Waals surface area contributed by atoms with Gasteiger partial charge in [0.05, 0.1) is 17.1 Å². The summed E-state index contributed by atoms with van der Waals surface area (Å²) in [7, 11) is 0. The molecule has 0 bridgehead atoms. The molecular formula is C17H13BrClF3N2. The third-order valence-electron chi connectivity index (χ3n) is 3.86. The van der Waals surface area contributed by atoms with E-state index in [-0.39, 0.29) is 18.0 Å². The van der Waals surface area contributed by atoms with Gasteiger partial charge in [-0.25, -0.2) is 4.99 Å². The summed E-state index contributed by atoms with van der Waals surface area (Å²) in [4.78, 5) is 6.28. The molecule has 0 amide bonds. The van der Waals surface area contributed by atoms with E-state index in [1.54, 1.807) is 11.0 Å². The van der Waals surface area contributed by atoms with Crippen LogP contribution in [0.1, 0.15) is 16.7 Å². The molecule has 1 aliphatic rings. The Hall–Kier alpha value is -1.53. The lowest BCUT2D eigenvalue weighted by atomic mass is 10.0. The predicted molar refractivity (Wildman–Crippen MR) is 92.6 cm³/mol. The van der Waals surface area contributed by atoms with Crippen molar-refractivity contribution < 1.29 is 13.2 Å². The monoisotopic (exact) mass is 416 g/mol. The smallest absolute Gasteiger partial charge is 0.350 e. The highest BCUT2D eigenvalue weighted by Gasteiger charge is 2.33. The van der Waals surface area contributed by atoms with Gasteiger partial charge >= 0.3 is 6.18 Å². The number of hydrogen-bond donors (Lipinski definition) is 0. The molecule has 1 heterocycles. The maximum absolute atomic E-state index is 13.2. The summed E-state index contributed by atoms with van der Waals surface area (Å²) in [6.07, 6.45) is -4.39. The molecule has 2 aromatic carbocycles. The lowest BCUT2D eigenvalue weighted by molar-refractivity contribution is -0.138. The summed E-state index contributed by atoms with van der Waals surface area (Å²) in [6.45, 7) is 0.552. The second-order valence-electron chi connectivity index (χ2n) is 5.41. The Balaban J connectivity index is 1.96. The fraction of sp³-hybridized carbons (Fsp3) is 0.235. The molecule has 7 heteroatoms. The zero-order valence-corrected chi connectivity index (χ0v) is 14.8. The molecule has 2 nitrogen and oxygen atoms in total. The minimum Gasteiger partial charge on any atom is -0.350 e. The molecular weight excluding hydrogens is 405 g/mol. The van der Waals surface area contributed by atoms with Crippen LogP contribution in [0.3, 0.4) is 0 Å². The van der Waals surface area contributed by atoms with E-state index in [1.807, 2.05) is 18.2 Å². The largest absolute Gasteiger partial charge is 0.416 e. The Bertz CT molecular complexity index is 790. The molecule has 126 valence electrons. The van der Waals surface area contributed by atoms with Gasteiger partial charge in [0.2, 0.25) is 0 Å². The van der Waals surface area contributed by atoms with Crippen molar-refractivity contribution in [3.8, 4) is 0 Å². The van der Waals surface area contributed by atoms with Gasteiger partial charge < -0.3 is 4.90 Å². The number of rotatable bonds is 3. The maximum atomic E-state index is 13.2. The molecule has 2 aromatic rings. The van der Waals surface area contributed by atoms with Crippen molar-refractivity contribution in [1.82, 2.24) is 4.90 Å². The van der Waals surface area contributed by atoms with Gasteiger partial charge in [0.1, 0.15) is 5.84 Å². The van der Waals surface area contributed by atoms with Crippen LogP contribution in [0.5, 0.6) is 0 Å². The van der Waals surface area contributed by atoms with Crippen molar-refractivity contribution in [3.63, 3.8) is 0 Å². The molecule has 3 rings (SSSR count). The molecule has 0 fully saturated rings. The molecule has 0 aromatic heterocycles. The average Bonchev–Trinajstić information content (AvgIpc) is 2.54. The Labute approximate surface area is 151 Å². The Morgan fingerprint density at radius 2 is 1.88 bits per heavy atom. The first-order valence-corrected chi connectivity index (χ1v) is 8.54. The van der Waals surface area contributed by atoms with Crippen LogP contribution in [-0.4, -0.2) is 16.6 Å². The van der Waals surface area contributed by atoms with Crippen LogP contribution >= 0.6 is 27.5 Å². The van der Waals surface area contributed by atoms with Crippen molar-refractivity contribution in [2.75, 3.05) is 5.88 Å². The number of aliphatic imine (C=N–C) groups is 1. The third kappa shape index (κ3) is 3.44. The highest BCUT2D eigenvalue weighted by atomic mass is 79.9. The van der Waals surface area contributed by atoms with E-state index >= 15 is 0 Å². The van der Waals surface area contributed by atoms with Crippen molar-refractivity contribution >= 4 is 39.1 Å². The number of fused-ring (bicyclic) bond motifs is 1. The summed E-state index contributed by atoms with van der Waals surface area (Å²) < 4.78 is 40.5. The second kappa shape index (κ2) is 6.76. The first-order valence-electron chi connectivity index (χ1n) is 7.21. The van der Waals surface area contributed by atoms with E-state index in [4.69, 9.17) is 11.6 Å². The molecule has 0 aliphatic carbocycles. The molecule has 0 atom stereocenters. The molecule has 0 N–H and O–H groups in total. The number of benzene rings is 2. The van der Waals surface area contributed by atoms with Crippen molar-refractivity contribution in [3.05, 3.63) is 63.6 Å². The minimum atomic E-state index is -4.39. The first-order chi connectivity index (χ1) is 11.4. The average molecular weight is 418 g/mol. The van der Waals surface area contributed by atoms with Gasteiger partial charge in [-0.1, -0.05) is 40.2 Å². The highest BCUT2D eigenvalue weighted by molar-refractivity contribution is 9.10. The van der Waals surface area contributed by atoms with Gasteiger partial charge in [0, 0.05) is 23.1 Å². The second-order valence-corrected chi connectivity index (χ2v) is 6.53. The fourth-order valence-electron chi connectivity index (χ4n) is 2.70. The lowest BCUT2D eigenvalue weighted by Crippen LogP contribution is -2.34. The number of amidine groups is 1. The number of nitrogens with zero attached hydrogens (tertiary/aromatic N) is 2. The molecule has 0 spiro atoms. The molecule has 1 aliphatic heterocycles. The molecule has 24 heavy (non-hydrogen) atoms. The van der Waals surface area contributed by atoms with Crippen LogP contribution in [0, 0.1) is 0 Å². The summed E-state index contributed by atoms with van der Waals surface area (Å²) in [5.74, 6) is 0.708. The third-order valence-corrected chi connectivity index (χ3v) is 4.84. The van der Waals surface area contributed by atoms with Gasteiger partial charge in [-0.05, 0) is 23.8 Å². The summed E-state index contributed by atoms with van der Waals surface area (Å²) in [5.41, 5.74) is 1.31. The number of hydrogen-bond acceptors (Lipinski definition) is 2. The summed E-state index contributed by atoms with van der Waals surface area (Å²) >= 11 is 9.44. The fourth-order valence-corrected chi connectivity index (χ4v) is 3.41. The van der Waals surface area contributed by atoms with Crippen LogP contribution < -0.4 is 0 Å². The van der Waals surface area contributed by atoms with E-state index in [1.165, 1.54) is 12.1 Å².